The Morgan fingerprint density at radius 3 is 3.00 bits per heavy atom. The molecule has 0 bridgehead atoms. The first-order chi connectivity index (χ1) is 8.22. The van der Waals surface area contributed by atoms with Gasteiger partial charge in [0.25, 0.3) is 0 Å². The molecule has 1 heterocycles. The second-order valence-electron chi connectivity index (χ2n) is 4.64. The van der Waals surface area contributed by atoms with Crippen LogP contribution in [0, 0.1) is 18.3 Å². The Hall–Kier alpha value is -1.20. The number of aryl methyl sites for hydroxylation is 1. The van der Waals surface area contributed by atoms with Crippen molar-refractivity contribution in [2.45, 2.75) is 38.6 Å². The molecule has 0 aromatic heterocycles. The van der Waals surface area contributed by atoms with Gasteiger partial charge in [0.05, 0.1) is 12.5 Å². The van der Waals surface area contributed by atoms with Gasteiger partial charge in [-0.15, -0.1) is 0 Å². The maximum atomic E-state index is 8.88. The van der Waals surface area contributed by atoms with Gasteiger partial charge in [-0.25, -0.2) is 0 Å². The summed E-state index contributed by atoms with van der Waals surface area (Å²) < 4.78 is 0. The van der Waals surface area contributed by atoms with E-state index in [4.69, 9.17) is 16.9 Å². The molecule has 2 nitrogen and oxygen atoms in total. The van der Waals surface area contributed by atoms with E-state index in [2.05, 4.69) is 23.1 Å². The summed E-state index contributed by atoms with van der Waals surface area (Å²) in [5, 5.41) is 9.69. The molecule has 0 N–H and O–H groups in total. The van der Waals surface area contributed by atoms with Gasteiger partial charge >= 0.3 is 0 Å². The van der Waals surface area contributed by atoms with E-state index in [1.165, 1.54) is 12.8 Å². The van der Waals surface area contributed by atoms with Gasteiger partial charge in [0, 0.05) is 23.3 Å². The zero-order chi connectivity index (χ0) is 12.3. The normalized spacial score (nSPS) is 20.1. The van der Waals surface area contributed by atoms with E-state index in [9.17, 15) is 0 Å². The number of nitrogens with zero attached hydrogens (tertiary/aromatic N) is 2. The summed E-state index contributed by atoms with van der Waals surface area (Å²) in [6.07, 6.45) is 4.14. The maximum Gasteiger partial charge on any atom is 0.0643 e. The monoisotopic (exact) mass is 248 g/mol. The Kier molecular flexibility index (Phi) is 3.91. The number of hydrogen-bond acceptors (Lipinski definition) is 2. The van der Waals surface area contributed by atoms with Crippen molar-refractivity contribution in [1.82, 2.24) is 0 Å². The Balaban J connectivity index is 2.23. The first-order valence-corrected chi connectivity index (χ1v) is 6.50. The molecule has 0 spiro atoms. The highest BCUT2D eigenvalue weighted by molar-refractivity contribution is 6.31. The summed E-state index contributed by atoms with van der Waals surface area (Å²) in [6.45, 7) is 3.04. The van der Waals surface area contributed by atoms with Crippen LogP contribution in [-0.2, 0) is 0 Å². The van der Waals surface area contributed by atoms with E-state index in [-0.39, 0.29) is 0 Å². The van der Waals surface area contributed by atoms with Crippen molar-refractivity contribution in [3.8, 4) is 6.07 Å². The quantitative estimate of drug-likeness (QED) is 0.793. The minimum atomic E-state index is 0.354. The highest BCUT2D eigenvalue weighted by Gasteiger charge is 2.22. The molecule has 1 aliphatic rings. The lowest BCUT2D eigenvalue weighted by Gasteiger charge is -2.36. The second kappa shape index (κ2) is 5.42. The number of rotatable bonds is 2. The SMILES string of the molecule is Cc1ccc(N2CCCCC2CC#N)cc1Cl. The van der Waals surface area contributed by atoms with Crippen LogP contribution in [0.5, 0.6) is 0 Å². The van der Waals surface area contributed by atoms with E-state index < -0.39 is 0 Å². The van der Waals surface area contributed by atoms with Crippen molar-refractivity contribution in [2.24, 2.45) is 0 Å². The average Bonchev–Trinajstić information content (AvgIpc) is 2.34. The fourth-order valence-electron chi connectivity index (χ4n) is 2.42. The summed E-state index contributed by atoms with van der Waals surface area (Å²) >= 11 is 6.17. The molecule has 1 atom stereocenters. The van der Waals surface area contributed by atoms with E-state index in [0.29, 0.717) is 12.5 Å². The van der Waals surface area contributed by atoms with Crippen molar-refractivity contribution < 1.29 is 0 Å². The van der Waals surface area contributed by atoms with Crippen molar-refractivity contribution in [1.29, 1.82) is 5.26 Å². The molecule has 3 heteroatoms. The van der Waals surface area contributed by atoms with Crippen LogP contribution >= 0.6 is 11.6 Å². The third-order valence-corrected chi connectivity index (χ3v) is 3.85. The van der Waals surface area contributed by atoms with Crippen LogP contribution in [0.1, 0.15) is 31.2 Å². The standard InChI is InChI=1S/C14H17ClN2/c1-11-5-6-13(10-14(11)15)17-9-3-2-4-12(17)7-8-16/h5-6,10,12H,2-4,7,9H2,1H3. The molecule has 2 rings (SSSR count). The third kappa shape index (κ3) is 2.73. The Morgan fingerprint density at radius 1 is 1.47 bits per heavy atom. The van der Waals surface area contributed by atoms with Gasteiger partial charge < -0.3 is 4.90 Å². The van der Waals surface area contributed by atoms with Crippen molar-refractivity contribution in [3.63, 3.8) is 0 Å². The van der Waals surface area contributed by atoms with Crippen molar-refractivity contribution in [2.75, 3.05) is 11.4 Å². The van der Waals surface area contributed by atoms with Crippen LogP contribution in [0.2, 0.25) is 5.02 Å². The highest BCUT2D eigenvalue weighted by Crippen LogP contribution is 2.29. The van der Waals surface area contributed by atoms with E-state index in [1.807, 2.05) is 13.0 Å². The predicted molar refractivity (Wildman–Crippen MR) is 71.4 cm³/mol. The predicted octanol–water partition coefficient (Wildman–Crippen LogP) is 3.92. The van der Waals surface area contributed by atoms with Crippen molar-refractivity contribution >= 4 is 17.3 Å². The van der Waals surface area contributed by atoms with Crippen LogP contribution in [0.25, 0.3) is 0 Å². The van der Waals surface area contributed by atoms with Gasteiger partial charge in [0.15, 0.2) is 0 Å². The molecule has 90 valence electrons. The van der Waals surface area contributed by atoms with Gasteiger partial charge in [-0.2, -0.15) is 5.26 Å². The molecule has 1 saturated heterocycles. The first kappa shape index (κ1) is 12.3. The molecule has 17 heavy (non-hydrogen) atoms. The Labute approximate surface area is 108 Å². The van der Waals surface area contributed by atoms with Gasteiger partial charge in [0.2, 0.25) is 0 Å². The van der Waals surface area contributed by atoms with Gasteiger partial charge in [-0.05, 0) is 43.9 Å². The highest BCUT2D eigenvalue weighted by atomic mass is 35.5. The van der Waals surface area contributed by atoms with Crippen LogP contribution in [0.4, 0.5) is 5.69 Å². The zero-order valence-electron chi connectivity index (χ0n) is 10.1. The van der Waals surface area contributed by atoms with Crippen molar-refractivity contribution in [3.05, 3.63) is 28.8 Å². The van der Waals surface area contributed by atoms with Crippen LogP contribution < -0.4 is 4.90 Å². The topological polar surface area (TPSA) is 27.0 Å². The largest absolute Gasteiger partial charge is 0.367 e. The minimum Gasteiger partial charge on any atom is -0.367 e. The molecule has 0 radical (unpaired) electrons. The number of benzene rings is 1. The van der Waals surface area contributed by atoms with E-state index in [1.54, 1.807) is 0 Å². The minimum absolute atomic E-state index is 0.354. The van der Waals surface area contributed by atoms with Gasteiger partial charge in [0.1, 0.15) is 0 Å². The number of hydrogen-bond donors (Lipinski definition) is 0. The molecule has 1 aromatic carbocycles. The van der Waals surface area contributed by atoms with Gasteiger partial charge in [-0.3, -0.25) is 0 Å². The summed E-state index contributed by atoms with van der Waals surface area (Å²) in [5.74, 6) is 0. The Bertz CT molecular complexity index is 436. The molecule has 1 aromatic rings. The van der Waals surface area contributed by atoms with E-state index in [0.717, 1.165) is 29.2 Å². The maximum absolute atomic E-state index is 8.88. The summed E-state index contributed by atoms with van der Waals surface area (Å²) in [6, 6.07) is 8.82. The van der Waals surface area contributed by atoms with Crippen LogP contribution in [0.3, 0.4) is 0 Å². The molecule has 1 unspecified atom stereocenters. The molecular weight excluding hydrogens is 232 g/mol. The molecular formula is C14H17ClN2. The van der Waals surface area contributed by atoms with Gasteiger partial charge in [-0.1, -0.05) is 17.7 Å². The van der Waals surface area contributed by atoms with Crippen LogP contribution in [0.15, 0.2) is 18.2 Å². The summed E-state index contributed by atoms with van der Waals surface area (Å²) in [5.41, 5.74) is 2.25. The summed E-state index contributed by atoms with van der Waals surface area (Å²) in [7, 11) is 0. The first-order valence-electron chi connectivity index (χ1n) is 6.12. The number of halogens is 1. The second-order valence-corrected chi connectivity index (χ2v) is 5.05. The fourth-order valence-corrected chi connectivity index (χ4v) is 2.59. The lowest BCUT2D eigenvalue weighted by atomic mass is 9.99. The fraction of sp³-hybridized carbons (Fsp3) is 0.500. The van der Waals surface area contributed by atoms with Crippen LogP contribution in [-0.4, -0.2) is 12.6 Å². The lowest BCUT2D eigenvalue weighted by molar-refractivity contribution is 0.464. The average molecular weight is 249 g/mol. The zero-order valence-corrected chi connectivity index (χ0v) is 10.9. The van der Waals surface area contributed by atoms with E-state index >= 15 is 0 Å². The molecule has 1 fully saturated rings. The lowest BCUT2D eigenvalue weighted by Crippen LogP contribution is -2.39. The Morgan fingerprint density at radius 2 is 2.29 bits per heavy atom. The third-order valence-electron chi connectivity index (χ3n) is 3.44. The molecule has 0 aliphatic carbocycles. The molecule has 0 saturated carbocycles. The summed E-state index contributed by atoms with van der Waals surface area (Å²) in [4.78, 5) is 2.33. The number of nitriles is 1. The number of anilines is 1. The number of piperidine rings is 1. The molecule has 0 amide bonds. The smallest absolute Gasteiger partial charge is 0.0643 e. The molecule has 1 aliphatic heterocycles.